The lowest BCUT2D eigenvalue weighted by Crippen LogP contribution is -2.28. The fraction of sp³-hybridized carbons (Fsp3) is 0.250. The van der Waals surface area contributed by atoms with Gasteiger partial charge in [-0.1, -0.05) is 71.8 Å². The maximum absolute atomic E-state index is 6.23. The van der Waals surface area contributed by atoms with Crippen molar-refractivity contribution < 1.29 is 9.47 Å². The molecule has 6 rings (SSSR count). The second kappa shape index (κ2) is 12.0. The van der Waals surface area contributed by atoms with Crippen molar-refractivity contribution in [2.45, 2.75) is 45.8 Å². The van der Waals surface area contributed by atoms with Crippen molar-refractivity contribution in [3.05, 3.63) is 129 Å². The molecule has 0 bridgehead atoms. The van der Waals surface area contributed by atoms with E-state index in [4.69, 9.17) is 14.5 Å². The number of hydrogen-bond donors (Lipinski definition) is 1. The van der Waals surface area contributed by atoms with Crippen LogP contribution in [0.2, 0.25) is 0 Å². The van der Waals surface area contributed by atoms with Crippen molar-refractivity contribution in [2.75, 3.05) is 11.9 Å². The van der Waals surface area contributed by atoms with Gasteiger partial charge in [0.15, 0.2) is 11.5 Å². The molecule has 0 aromatic heterocycles. The standard InChI is InChI=1S/C36H35BrN2O2/c1-4-40-34-20-25(19-32(37)36(34)41-22-26-17-23(2)16-24(3)18-26)21-38-28-14-12-27(13-15-28)35-31-10-7-9-29(31)30-8-5-6-11-33(30)39-35/h5-9,11-21,29,31,35,39H,4,10,22H2,1-3H3/t29-,31+,35-/m0/s1. The third-order valence-electron chi connectivity index (χ3n) is 7.88. The van der Waals surface area contributed by atoms with Crippen LogP contribution in [0.5, 0.6) is 11.5 Å². The zero-order valence-electron chi connectivity index (χ0n) is 23.7. The Kier molecular flexibility index (Phi) is 7.97. The molecule has 0 saturated carbocycles. The van der Waals surface area contributed by atoms with Crippen LogP contribution in [0, 0.1) is 19.8 Å². The first-order valence-electron chi connectivity index (χ1n) is 14.3. The second-order valence-electron chi connectivity index (χ2n) is 11.0. The molecule has 2 aliphatic rings. The summed E-state index contributed by atoms with van der Waals surface area (Å²) in [5.74, 6) is 2.41. The average Bonchev–Trinajstić information content (AvgIpc) is 3.46. The Morgan fingerprint density at radius 2 is 1.73 bits per heavy atom. The van der Waals surface area contributed by atoms with Gasteiger partial charge in [0, 0.05) is 17.8 Å². The molecule has 0 amide bonds. The van der Waals surface area contributed by atoms with Gasteiger partial charge >= 0.3 is 0 Å². The molecule has 1 N–H and O–H groups in total. The van der Waals surface area contributed by atoms with E-state index in [-0.39, 0.29) is 6.04 Å². The predicted octanol–water partition coefficient (Wildman–Crippen LogP) is 9.62. The number of aryl methyl sites for hydroxylation is 2. The van der Waals surface area contributed by atoms with Gasteiger partial charge in [0.05, 0.1) is 22.8 Å². The summed E-state index contributed by atoms with van der Waals surface area (Å²) in [6.07, 6.45) is 7.68. The third-order valence-corrected chi connectivity index (χ3v) is 8.47. The van der Waals surface area contributed by atoms with Crippen LogP contribution in [-0.2, 0) is 6.61 Å². The number of halogens is 1. The molecule has 4 aromatic carbocycles. The van der Waals surface area contributed by atoms with Gasteiger partial charge in [0.1, 0.15) is 6.61 Å². The molecule has 1 heterocycles. The smallest absolute Gasteiger partial charge is 0.175 e. The number of benzene rings is 4. The predicted molar refractivity (Wildman–Crippen MR) is 172 cm³/mol. The number of anilines is 1. The maximum atomic E-state index is 6.23. The van der Waals surface area contributed by atoms with Gasteiger partial charge in [0.2, 0.25) is 0 Å². The van der Waals surface area contributed by atoms with Gasteiger partial charge in [-0.2, -0.15) is 0 Å². The van der Waals surface area contributed by atoms with Crippen LogP contribution in [0.15, 0.2) is 100 Å². The van der Waals surface area contributed by atoms with E-state index in [1.807, 2.05) is 25.3 Å². The summed E-state index contributed by atoms with van der Waals surface area (Å²) < 4.78 is 13.0. The number of rotatable bonds is 8. The van der Waals surface area contributed by atoms with Crippen LogP contribution >= 0.6 is 15.9 Å². The number of nitrogens with one attached hydrogen (secondary N) is 1. The Bertz CT molecular complexity index is 1590. The SMILES string of the molecule is CCOc1cc(C=Nc2ccc([C@@H]3Nc4ccccc4[C@@H]4C=CC[C@H]43)cc2)cc(Br)c1OCc1cc(C)cc(C)c1. The quantitative estimate of drug-likeness (QED) is 0.160. The fourth-order valence-electron chi connectivity index (χ4n) is 6.16. The topological polar surface area (TPSA) is 42.8 Å². The molecular formula is C36H35BrN2O2. The first-order valence-corrected chi connectivity index (χ1v) is 15.1. The van der Waals surface area contributed by atoms with Crippen LogP contribution in [0.1, 0.15) is 58.7 Å². The highest BCUT2D eigenvalue weighted by atomic mass is 79.9. The summed E-state index contributed by atoms with van der Waals surface area (Å²) in [4.78, 5) is 4.78. The number of fused-ring (bicyclic) bond motifs is 3. The summed E-state index contributed by atoms with van der Waals surface area (Å²) >= 11 is 3.71. The van der Waals surface area contributed by atoms with Crippen LogP contribution in [0.3, 0.4) is 0 Å². The van der Waals surface area contributed by atoms with Crippen LogP contribution < -0.4 is 14.8 Å². The number of para-hydroxylation sites is 1. The molecule has 0 unspecified atom stereocenters. The van der Waals surface area contributed by atoms with Crippen LogP contribution in [-0.4, -0.2) is 12.8 Å². The van der Waals surface area contributed by atoms with E-state index in [0.717, 1.165) is 27.7 Å². The Balaban J connectivity index is 1.18. The average molecular weight is 608 g/mol. The lowest BCUT2D eigenvalue weighted by molar-refractivity contribution is 0.267. The van der Waals surface area contributed by atoms with E-state index in [0.29, 0.717) is 36.5 Å². The molecule has 208 valence electrons. The molecule has 4 nitrogen and oxygen atoms in total. The Morgan fingerprint density at radius 3 is 2.51 bits per heavy atom. The number of allylic oxidation sites excluding steroid dienone is 2. The third kappa shape index (κ3) is 5.96. The second-order valence-corrected chi connectivity index (χ2v) is 11.8. The summed E-state index contributed by atoms with van der Waals surface area (Å²) in [7, 11) is 0. The van der Waals surface area contributed by atoms with Crippen molar-refractivity contribution in [3.8, 4) is 11.5 Å². The molecule has 41 heavy (non-hydrogen) atoms. The zero-order valence-corrected chi connectivity index (χ0v) is 25.3. The number of hydrogen-bond acceptors (Lipinski definition) is 4. The Hall–Kier alpha value is -3.83. The Morgan fingerprint density at radius 1 is 0.951 bits per heavy atom. The van der Waals surface area contributed by atoms with E-state index in [1.54, 1.807) is 0 Å². The summed E-state index contributed by atoms with van der Waals surface area (Å²) in [5.41, 5.74) is 9.39. The van der Waals surface area contributed by atoms with E-state index in [1.165, 1.54) is 27.9 Å². The van der Waals surface area contributed by atoms with Gasteiger partial charge in [-0.15, -0.1) is 0 Å². The largest absolute Gasteiger partial charge is 0.490 e. The highest BCUT2D eigenvalue weighted by Gasteiger charge is 2.37. The van der Waals surface area contributed by atoms with Crippen LogP contribution in [0.25, 0.3) is 0 Å². The molecule has 0 spiro atoms. The van der Waals surface area contributed by atoms with Crippen molar-refractivity contribution >= 4 is 33.5 Å². The summed E-state index contributed by atoms with van der Waals surface area (Å²) in [6.45, 7) is 7.21. The first-order chi connectivity index (χ1) is 20.0. The summed E-state index contributed by atoms with van der Waals surface area (Å²) in [6, 6.07) is 28.1. The lowest BCUT2D eigenvalue weighted by atomic mass is 9.77. The van der Waals surface area contributed by atoms with Crippen LogP contribution in [0.4, 0.5) is 11.4 Å². The molecule has 1 aliphatic carbocycles. The number of aliphatic imine (C=N–C) groups is 1. The van der Waals surface area contributed by atoms with E-state index >= 15 is 0 Å². The molecule has 0 radical (unpaired) electrons. The van der Waals surface area contributed by atoms with Crippen molar-refractivity contribution in [2.24, 2.45) is 10.9 Å². The van der Waals surface area contributed by atoms with Gasteiger partial charge < -0.3 is 14.8 Å². The molecule has 3 atom stereocenters. The zero-order chi connectivity index (χ0) is 28.3. The molecule has 5 heteroatoms. The monoisotopic (exact) mass is 606 g/mol. The minimum Gasteiger partial charge on any atom is -0.490 e. The molecule has 1 aliphatic heterocycles. The van der Waals surface area contributed by atoms with Gasteiger partial charge in [-0.25, -0.2) is 0 Å². The number of nitrogens with zero attached hydrogens (tertiary/aromatic N) is 1. The normalized spacial score (nSPS) is 19.1. The van der Waals surface area contributed by atoms with E-state index < -0.39 is 0 Å². The maximum Gasteiger partial charge on any atom is 0.175 e. The van der Waals surface area contributed by atoms with Crippen molar-refractivity contribution in [1.29, 1.82) is 0 Å². The number of ether oxygens (including phenoxy) is 2. The van der Waals surface area contributed by atoms with Gasteiger partial charge in [-0.3, -0.25) is 4.99 Å². The van der Waals surface area contributed by atoms with Crippen molar-refractivity contribution in [3.63, 3.8) is 0 Å². The highest BCUT2D eigenvalue weighted by molar-refractivity contribution is 9.10. The lowest BCUT2D eigenvalue weighted by Gasteiger charge is -2.37. The summed E-state index contributed by atoms with van der Waals surface area (Å²) in [5, 5.41) is 3.81. The van der Waals surface area contributed by atoms with E-state index in [2.05, 4.69) is 114 Å². The molecule has 0 saturated heterocycles. The van der Waals surface area contributed by atoms with E-state index in [9.17, 15) is 0 Å². The van der Waals surface area contributed by atoms with Gasteiger partial charge in [-0.05, 0) is 102 Å². The minimum atomic E-state index is 0.281. The Labute approximate surface area is 251 Å². The van der Waals surface area contributed by atoms with Gasteiger partial charge in [0.25, 0.3) is 0 Å². The van der Waals surface area contributed by atoms with Crippen molar-refractivity contribution in [1.82, 2.24) is 0 Å². The highest BCUT2D eigenvalue weighted by Crippen LogP contribution is 2.49. The molecular weight excluding hydrogens is 572 g/mol. The molecule has 4 aromatic rings. The first kappa shape index (κ1) is 27.3. The molecule has 0 fully saturated rings. The minimum absolute atomic E-state index is 0.281. The fourth-order valence-corrected chi connectivity index (χ4v) is 6.74.